The highest BCUT2D eigenvalue weighted by Crippen LogP contribution is 2.27. The number of halogens is 2. The molecule has 2 aliphatic rings. The van der Waals surface area contributed by atoms with E-state index in [0.29, 0.717) is 25.2 Å². The van der Waals surface area contributed by atoms with E-state index in [9.17, 15) is 9.59 Å². The van der Waals surface area contributed by atoms with Gasteiger partial charge in [-0.25, -0.2) is 4.98 Å². The lowest BCUT2D eigenvalue weighted by molar-refractivity contribution is -0.120. The average molecular weight is 480 g/mol. The zero-order chi connectivity index (χ0) is 21.3. The van der Waals surface area contributed by atoms with E-state index in [1.807, 2.05) is 24.1 Å². The summed E-state index contributed by atoms with van der Waals surface area (Å²) in [6.07, 6.45) is 4.53. The van der Waals surface area contributed by atoms with Crippen LogP contribution in [0.2, 0.25) is 0 Å². The number of carbonyl (C=O) groups is 2. The van der Waals surface area contributed by atoms with Gasteiger partial charge >= 0.3 is 0 Å². The molecule has 1 unspecified atom stereocenters. The number of rotatable bonds is 4. The van der Waals surface area contributed by atoms with E-state index < -0.39 is 0 Å². The maximum atomic E-state index is 12.9. The van der Waals surface area contributed by atoms with Gasteiger partial charge in [0, 0.05) is 45.1 Å². The summed E-state index contributed by atoms with van der Waals surface area (Å²) in [4.78, 5) is 38.1. The third kappa shape index (κ3) is 5.15. The summed E-state index contributed by atoms with van der Waals surface area (Å²) in [5.74, 6) is 0.995. The van der Waals surface area contributed by atoms with Gasteiger partial charge in [0.05, 0.1) is 17.2 Å². The fraction of sp³-hybridized carbons (Fsp3) is 0.478. The molecule has 4 heterocycles. The van der Waals surface area contributed by atoms with Crippen LogP contribution >= 0.6 is 24.8 Å². The number of piperazine rings is 1. The first-order valence-electron chi connectivity index (χ1n) is 10.7. The molecule has 174 valence electrons. The van der Waals surface area contributed by atoms with Gasteiger partial charge < -0.3 is 15.1 Å². The summed E-state index contributed by atoms with van der Waals surface area (Å²) in [7, 11) is 0. The minimum atomic E-state index is -0.229. The number of nitrogens with one attached hydrogen (secondary N) is 1. The van der Waals surface area contributed by atoms with Gasteiger partial charge in [0.25, 0.3) is 5.91 Å². The summed E-state index contributed by atoms with van der Waals surface area (Å²) in [5, 5.41) is 2.87. The van der Waals surface area contributed by atoms with Crippen molar-refractivity contribution >= 4 is 42.4 Å². The largest absolute Gasteiger partial charge is 0.355 e. The van der Waals surface area contributed by atoms with Gasteiger partial charge in [0.15, 0.2) is 0 Å². The number of amides is 2. The minimum absolute atomic E-state index is 0. The summed E-state index contributed by atoms with van der Waals surface area (Å²) in [6.45, 7) is 9.76. The second-order valence-electron chi connectivity index (χ2n) is 8.29. The molecular formula is C23H31Cl2N5O2. The quantitative estimate of drug-likeness (QED) is 0.728. The van der Waals surface area contributed by atoms with Crippen LogP contribution in [0.15, 0.2) is 30.6 Å². The van der Waals surface area contributed by atoms with E-state index in [1.165, 1.54) is 11.1 Å². The van der Waals surface area contributed by atoms with Gasteiger partial charge in [-0.05, 0) is 42.5 Å². The van der Waals surface area contributed by atoms with Crippen LogP contribution < -0.4 is 10.2 Å². The van der Waals surface area contributed by atoms with Crippen LogP contribution in [0, 0.1) is 12.8 Å². The van der Waals surface area contributed by atoms with Crippen molar-refractivity contribution < 1.29 is 9.59 Å². The number of hydrogen-bond acceptors (Lipinski definition) is 5. The number of aryl methyl sites for hydroxylation is 2. The number of pyridine rings is 2. The van der Waals surface area contributed by atoms with Crippen LogP contribution in [0.5, 0.6) is 0 Å². The van der Waals surface area contributed by atoms with Gasteiger partial charge in [-0.1, -0.05) is 19.9 Å². The average Bonchev–Trinajstić information content (AvgIpc) is 3.11. The molecule has 2 saturated heterocycles. The summed E-state index contributed by atoms with van der Waals surface area (Å²) in [6, 6.07) is 5.81. The normalized spacial score (nSPS) is 20.3. The number of hydrogen-bond donors (Lipinski definition) is 1. The Morgan fingerprint density at radius 1 is 1.12 bits per heavy atom. The zero-order valence-corrected chi connectivity index (χ0v) is 20.3. The van der Waals surface area contributed by atoms with Gasteiger partial charge in [-0.2, -0.15) is 0 Å². The smallest absolute Gasteiger partial charge is 0.255 e. The first-order valence-corrected chi connectivity index (χ1v) is 10.7. The highest BCUT2D eigenvalue weighted by Gasteiger charge is 2.34. The third-order valence-corrected chi connectivity index (χ3v) is 6.18. The molecule has 7 nitrogen and oxygen atoms in total. The summed E-state index contributed by atoms with van der Waals surface area (Å²) in [5.41, 5.74) is 3.72. The second kappa shape index (κ2) is 11.0. The molecule has 0 spiro atoms. The molecule has 32 heavy (non-hydrogen) atoms. The summed E-state index contributed by atoms with van der Waals surface area (Å²) >= 11 is 0. The molecule has 1 N–H and O–H groups in total. The van der Waals surface area contributed by atoms with Crippen LogP contribution in [-0.4, -0.2) is 59.4 Å². The monoisotopic (exact) mass is 479 g/mol. The number of aromatic nitrogens is 2. The molecule has 0 radical (unpaired) electrons. The lowest BCUT2D eigenvalue weighted by Gasteiger charge is -2.36. The van der Waals surface area contributed by atoms with Gasteiger partial charge in [0.2, 0.25) is 5.91 Å². The van der Waals surface area contributed by atoms with E-state index in [1.54, 1.807) is 12.3 Å². The molecule has 0 saturated carbocycles. The van der Waals surface area contributed by atoms with Crippen molar-refractivity contribution in [2.24, 2.45) is 5.92 Å². The topological polar surface area (TPSA) is 78.4 Å². The molecule has 2 atom stereocenters. The first kappa shape index (κ1) is 25.9. The van der Waals surface area contributed by atoms with Gasteiger partial charge in [-0.15, -0.1) is 24.8 Å². The van der Waals surface area contributed by atoms with Crippen LogP contribution in [0.25, 0.3) is 0 Å². The molecule has 0 bridgehead atoms. The van der Waals surface area contributed by atoms with Crippen molar-refractivity contribution in [1.82, 2.24) is 20.2 Å². The maximum Gasteiger partial charge on any atom is 0.255 e. The Labute approximate surface area is 201 Å². The Bertz CT molecular complexity index is 946. The molecule has 9 heteroatoms. The van der Waals surface area contributed by atoms with Crippen molar-refractivity contribution in [3.05, 3.63) is 53.0 Å². The molecule has 2 aromatic rings. The zero-order valence-electron chi connectivity index (χ0n) is 18.7. The number of anilines is 1. The molecule has 2 aliphatic heterocycles. The van der Waals surface area contributed by atoms with Crippen molar-refractivity contribution in [1.29, 1.82) is 0 Å². The Morgan fingerprint density at radius 2 is 1.84 bits per heavy atom. The van der Waals surface area contributed by atoms with E-state index >= 15 is 0 Å². The van der Waals surface area contributed by atoms with E-state index in [-0.39, 0.29) is 48.5 Å². The molecular weight excluding hydrogens is 449 g/mol. The first-order chi connectivity index (χ1) is 14.5. The van der Waals surface area contributed by atoms with E-state index in [0.717, 1.165) is 31.0 Å². The molecule has 2 aromatic heterocycles. The molecule has 2 fully saturated rings. The highest BCUT2D eigenvalue weighted by molar-refractivity contribution is 5.94. The van der Waals surface area contributed by atoms with Gasteiger partial charge in [-0.3, -0.25) is 14.6 Å². The minimum Gasteiger partial charge on any atom is -0.355 e. The molecule has 0 aromatic carbocycles. The van der Waals surface area contributed by atoms with E-state index in [2.05, 4.69) is 40.1 Å². The Morgan fingerprint density at radius 3 is 2.38 bits per heavy atom. The predicted octanol–water partition coefficient (Wildman–Crippen LogP) is 3.00. The maximum absolute atomic E-state index is 12.9. The van der Waals surface area contributed by atoms with Crippen LogP contribution in [0.4, 0.5) is 5.82 Å². The van der Waals surface area contributed by atoms with E-state index in [4.69, 9.17) is 0 Å². The number of carbonyl (C=O) groups excluding carboxylic acids is 2. The Hall–Kier alpha value is -2.38. The predicted molar refractivity (Wildman–Crippen MR) is 130 cm³/mol. The SMILES string of the molecule is CCc1cnc(N2CCN(C(=O)c3ccc([C@@H]4C(=O)NCC4C)nc3)CC2)c(C)c1.Cl.Cl. The lowest BCUT2D eigenvalue weighted by Crippen LogP contribution is -2.49. The number of nitrogens with zero attached hydrogens (tertiary/aromatic N) is 4. The lowest BCUT2D eigenvalue weighted by atomic mass is 9.93. The Kier molecular flexibility index (Phi) is 8.87. The van der Waals surface area contributed by atoms with Crippen LogP contribution in [0.1, 0.15) is 46.9 Å². The van der Waals surface area contributed by atoms with Crippen LogP contribution in [-0.2, 0) is 11.2 Å². The third-order valence-electron chi connectivity index (χ3n) is 6.18. The van der Waals surface area contributed by atoms with Crippen molar-refractivity contribution in [2.45, 2.75) is 33.1 Å². The van der Waals surface area contributed by atoms with Crippen molar-refractivity contribution in [3.8, 4) is 0 Å². The molecule has 2 amide bonds. The molecule has 0 aliphatic carbocycles. The van der Waals surface area contributed by atoms with Crippen LogP contribution in [0.3, 0.4) is 0 Å². The second-order valence-corrected chi connectivity index (χ2v) is 8.29. The summed E-state index contributed by atoms with van der Waals surface area (Å²) < 4.78 is 0. The van der Waals surface area contributed by atoms with Crippen molar-refractivity contribution in [2.75, 3.05) is 37.6 Å². The van der Waals surface area contributed by atoms with Crippen molar-refractivity contribution in [3.63, 3.8) is 0 Å². The highest BCUT2D eigenvalue weighted by atomic mass is 35.5. The fourth-order valence-electron chi connectivity index (χ4n) is 4.34. The van der Waals surface area contributed by atoms with Gasteiger partial charge in [0.1, 0.15) is 5.82 Å². The fourth-order valence-corrected chi connectivity index (χ4v) is 4.34. The molecule has 4 rings (SSSR count). The standard InChI is InChI=1S/C23H29N5O2.2ClH/c1-4-17-11-15(2)21(25-13-17)27-7-9-28(10-8-27)23(30)18-5-6-19(24-14-18)20-16(3)12-26-22(20)29;;/h5-6,11,13-14,16,20H,4,7-10,12H2,1-3H3,(H,26,29);2*1H/t16?,20-;;/m1../s1. The Balaban J connectivity index is 0.00000181.